The first-order valence-electron chi connectivity index (χ1n) is 7.13. The summed E-state index contributed by atoms with van der Waals surface area (Å²) < 4.78 is 30.2. The van der Waals surface area contributed by atoms with Gasteiger partial charge in [-0.3, -0.25) is 4.79 Å². The van der Waals surface area contributed by atoms with Gasteiger partial charge in [-0.25, -0.2) is 17.5 Å². The van der Waals surface area contributed by atoms with E-state index in [0.717, 1.165) is 4.31 Å². The van der Waals surface area contributed by atoms with Crippen LogP contribution in [0.4, 0.5) is 0 Å². The van der Waals surface area contributed by atoms with Crippen molar-refractivity contribution >= 4 is 33.5 Å². The van der Waals surface area contributed by atoms with Gasteiger partial charge < -0.3 is 10.1 Å². The lowest BCUT2D eigenvalue weighted by atomic mass is 10.0. The van der Waals surface area contributed by atoms with Crippen molar-refractivity contribution in [1.82, 2.24) is 9.62 Å². The van der Waals surface area contributed by atoms with Crippen LogP contribution in [0.15, 0.2) is 23.1 Å². The van der Waals surface area contributed by atoms with Crippen LogP contribution in [-0.2, 0) is 19.6 Å². The van der Waals surface area contributed by atoms with E-state index in [-0.39, 0.29) is 21.4 Å². The molecule has 1 N–H and O–H groups in total. The van der Waals surface area contributed by atoms with Gasteiger partial charge in [-0.15, -0.1) is 0 Å². The molecule has 1 amide bonds. The molecule has 0 radical (unpaired) electrons. The van der Waals surface area contributed by atoms with Crippen molar-refractivity contribution in [2.75, 3.05) is 21.2 Å². The van der Waals surface area contributed by atoms with Crippen LogP contribution in [0.5, 0.6) is 0 Å². The first kappa shape index (κ1) is 20.4. The number of nitrogens with one attached hydrogen (secondary N) is 1. The maximum Gasteiger partial charge on any atom is 0.328 e. The molecule has 0 aliphatic carbocycles. The Morgan fingerprint density at radius 1 is 1.25 bits per heavy atom. The highest BCUT2D eigenvalue weighted by molar-refractivity contribution is 7.89. The second kappa shape index (κ2) is 7.96. The van der Waals surface area contributed by atoms with E-state index in [1.165, 1.54) is 39.4 Å². The molecule has 0 saturated heterocycles. The van der Waals surface area contributed by atoms with Gasteiger partial charge in [0.15, 0.2) is 0 Å². The maximum absolute atomic E-state index is 12.4. The first-order valence-corrected chi connectivity index (χ1v) is 8.95. The molecule has 7 nitrogen and oxygen atoms in total. The van der Waals surface area contributed by atoms with E-state index in [9.17, 15) is 18.0 Å². The second-order valence-corrected chi connectivity index (χ2v) is 8.18. The zero-order chi connectivity index (χ0) is 18.7. The summed E-state index contributed by atoms with van der Waals surface area (Å²) in [5.41, 5.74) is 0.0781. The molecule has 1 unspecified atom stereocenters. The molecule has 0 aliphatic rings. The number of benzene rings is 1. The average molecular weight is 377 g/mol. The third-order valence-corrected chi connectivity index (χ3v) is 5.66. The number of carbonyl (C=O) groups is 2. The van der Waals surface area contributed by atoms with Gasteiger partial charge in [0.05, 0.1) is 12.1 Å². The molecule has 0 fully saturated rings. The topological polar surface area (TPSA) is 92.8 Å². The van der Waals surface area contributed by atoms with E-state index in [0.29, 0.717) is 0 Å². The van der Waals surface area contributed by atoms with E-state index in [1.807, 2.05) is 0 Å². The van der Waals surface area contributed by atoms with Crippen molar-refractivity contribution in [3.8, 4) is 0 Å². The molecule has 0 aromatic heterocycles. The van der Waals surface area contributed by atoms with Crippen LogP contribution in [0, 0.1) is 5.92 Å². The van der Waals surface area contributed by atoms with E-state index in [2.05, 4.69) is 10.1 Å². The Hall–Kier alpha value is -1.64. The number of carbonyl (C=O) groups excluding carboxylic acids is 2. The van der Waals surface area contributed by atoms with Crippen molar-refractivity contribution < 1.29 is 22.7 Å². The maximum atomic E-state index is 12.4. The number of esters is 1. The van der Waals surface area contributed by atoms with Crippen LogP contribution in [0.3, 0.4) is 0 Å². The van der Waals surface area contributed by atoms with Crippen molar-refractivity contribution in [2.24, 2.45) is 5.92 Å². The molecule has 9 heteroatoms. The molecule has 1 aromatic rings. The molecule has 0 bridgehead atoms. The van der Waals surface area contributed by atoms with Crippen LogP contribution in [0.25, 0.3) is 0 Å². The Labute approximate surface area is 147 Å². The number of ether oxygens (including phenoxy) is 1. The van der Waals surface area contributed by atoms with Crippen LogP contribution in [-0.4, -0.2) is 51.8 Å². The van der Waals surface area contributed by atoms with Crippen molar-refractivity contribution in [2.45, 2.75) is 24.8 Å². The summed E-state index contributed by atoms with van der Waals surface area (Å²) in [5, 5.41) is 2.55. The van der Waals surface area contributed by atoms with Crippen LogP contribution < -0.4 is 5.32 Å². The highest BCUT2D eigenvalue weighted by Gasteiger charge is 2.27. The van der Waals surface area contributed by atoms with E-state index in [1.54, 1.807) is 13.8 Å². The zero-order valence-corrected chi connectivity index (χ0v) is 15.7. The third kappa shape index (κ3) is 4.46. The Morgan fingerprint density at radius 2 is 1.83 bits per heavy atom. The van der Waals surface area contributed by atoms with Gasteiger partial charge in [-0.1, -0.05) is 25.4 Å². The summed E-state index contributed by atoms with van der Waals surface area (Å²) >= 11 is 5.95. The van der Waals surface area contributed by atoms with Gasteiger partial charge in [0.2, 0.25) is 10.0 Å². The number of hydrogen-bond donors (Lipinski definition) is 1. The minimum atomic E-state index is -3.80. The molecule has 1 aromatic carbocycles. The zero-order valence-electron chi connectivity index (χ0n) is 14.2. The Morgan fingerprint density at radius 3 is 2.29 bits per heavy atom. The molecule has 0 heterocycles. The van der Waals surface area contributed by atoms with Gasteiger partial charge in [-0.2, -0.15) is 0 Å². The van der Waals surface area contributed by atoms with Crippen molar-refractivity contribution in [3.05, 3.63) is 28.8 Å². The monoisotopic (exact) mass is 376 g/mol. The van der Waals surface area contributed by atoms with Crippen LogP contribution in [0.2, 0.25) is 5.02 Å². The van der Waals surface area contributed by atoms with E-state index in [4.69, 9.17) is 11.6 Å². The highest BCUT2D eigenvalue weighted by atomic mass is 35.5. The molecule has 134 valence electrons. The summed E-state index contributed by atoms with van der Waals surface area (Å²) in [6.45, 7) is 3.51. The van der Waals surface area contributed by atoms with Crippen molar-refractivity contribution in [3.63, 3.8) is 0 Å². The minimum absolute atomic E-state index is 0.00799. The van der Waals surface area contributed by atoms with Crippen molar-refractivity contribution in [1.29, 1.82) is 0 Å². The summed E-state index contributed by atoms with van der Waals surface area (Å²) in [4.78, 5) is 23.9. The molecular weight excluding hydrogens is 356 g/mol. The molecule has 0 saturated carbocycles. The van der Waals surface area contributed by atoms with E-state index < -0.39 is 27.9 Å². The molecular formula is C15H21ClN2O5S. The number of methoxy groups -OCH3 is 1. The standard InChI is InChI=1S/C15H21ClN2O5S/c1-9(2)13(15(20)23-5)17-14(19)10-6-7-11(16)12(8-10)24(21,22)18(3)4/h6-9,13H,1-5H3,(H,17,19). The number of nitrogens with zero attached hydrogens (tertiary/aromatic N) is 1. The Bertz CT molecular complexity index is 731. The molecule has 0 aliphatic heterocycles. The lowest BCUT2D eigenvalue weighted by Crippen LogP contribution is -2.45. The fourth-order valence-electron chi connectivity index (χ4n) is 1.89. The molecule has 0 spiro atoms. The SMILES string of the molecule is COC(=O)C(NC(=O)c1ccc(Cl)c(S(=O)(=O)N(C)C)c1)C(C)C. The smallest absolute Gasteiger partial charge is 0.328 e. The quantitative estimate of drug-likeness (QED) is 0.760. The average Bonchev–Trinajstić information content (AvgIpc) is 2.51. The lowest BCUT2D eigenvalue weighted by molar-refractivity contribution is -0.144. The predicted molar refractivity (Wildman–Crippen MR) is 90.4 cm³/mol. The number of amides is 1. The first-order chi connectivity index (χ1) is 11.0. The molecule has 1 rings (SSSR count). The molecule has 24 heavy (non-hydrogen) atoms. The number of sulfonamides is 1. The summed E-state index contributed by atoms with van der Waals surface area (Å²) in [5.74, 6) is -1.36. The largest absolute Gasteiger partial charge is 0.467 e. The fraction of sp³-hybridized carbons (Fsp3) is 0.467. The van der Waals surface area contributed by atoms with Crippen LogP contribution in [0.1, 0.15) is 24.2 Å². The normalized spacial score (nSPS) is 13.0. The summed E-state index contributed by atoms with van der Waals surface area (Å²) in [6, 6.07) is 3.06. The van der Waals surface area contributed by atoms with Gasteiger partial charge in [-0.05, 0) is 24.1 Å². The fourth-order valence-corrected chi connectivity index (χ4v) is 3.28. The van der Waals surface area contributed by atoms with Gasteiger partial charge in [0.1, 0.15) is 10.9 Å². The van der Waals surface area contributed by atoms with E-state index >= 15 is 0 Å². The third-order valence-electron chi connectivity index (χ3n) is 3.36. The number of rotatable bonds is 6. The summed E-state index contributed by atoms with van der Waals surface area (Å²) in [7, 11) is 0.162. The number of hydrogen-bond acceptors (Lipinski definition) is 5. The Kier molecular flexibility index (Phi) is 6.76. The number of halogens is 1. The van der Waals surface area contributed by atoms with Gasteiger partial charge >= 0.3 is 5.97 Å². The molecule has 1 atom stereocenters. The van der Waals surface area contributed by atoms with Crippen LogP contribution >= 0.6 is 11.6 Å². The summed E-state index contributed by atoms with van der Waals surface area (Å²) in [6.07, 6.45) is 0. The van der Waals surface area contributed by atoms with Gasteiger partial charge in [0, 0.05) is 19.7 Å². The lowest BCUT2D eigenvalue weighted by Gasteiger charge is -2.20. The minimum Gasteiger partial charge on any atom is -0.467 e. The predicted octanol–water partition coefficient (Wildman–Crippen LogP) is 1.52. The second-order valence-electron chi connectivity index (χ2n) is 5.65. The van der Waals surface area contributed by atoms with Gasteiger partial charge in [0.25, 0.3) is 5.91 Å². The highest BCUT2D eigenvalue weighted by Crippen LogP contribution is 2.25. The Balaban J connectivity index is 3.20.